The zero-order valence-electron chi connectivity index (χ0n) is 15.5. The highest BCUT2D eigenvalue weighted by atomic mass is 16.5. The van der Waals surface area contributed by atoms with E-state index < -0.39 is 0 Å². The van der Waals surface area contributed by atoms with E-state index in [-0.39, 0.29) is 17.7 Å². The van der Waals surface area contributed by atoms with Gasteiger partial charge in [0.1, 0.15) is 0 Å². The SMILES string of the molecule is CCOc1cc([C@@H]2c3c(n[nH]c3C)C(=O)N2c2ccc(C)cc2)ccc1O. The fourth-order valence-corrected chi connectivity index (χ4v) is 3.56. The Balaban J connectivity index is 1.88. The largest absolute Gasteiger partial charge is 0.504 e. The number of phenols is 1. The first kappa shape index (κ1) is 17.1. The number of carbonyl (C=O) groups excluding carboxylic acids is 1. The molecule has 1 aliphatic heterocycles. The van der Waals surface area contributed by atoms with E-state index in [1.807, 2.05) is 51.1 Å². The number of carbonyl (C=O) groups is 1. The van der Waals surface area contributed by atoms with Crippen LogP contribution in [0.5, 0.6) is 11.5 Å². The third-order valence-corrected chi connectivity index (χ3v) is 4.86. The second kappa shape index (κ2) is 6.46. The Bertz CT molecular complexity index is 1010. The number of H-pyrrole nitrogens is 1. The first-order valence-corrected chi connectivity index (χ1v) is 8.92. The van der Waals surface area contributed by atoms with E-state index >= 15 is 0 Å². The van der Waals surface area contributed by atoms with Crippen LogP contribution >= 0.6 is 0 Å². The summed E-state index contributed by atoms with van der Waals surface area (Å²) in [4.78, 5) is 14.9. The number of fused-ring (bicyclic) bond motifs is 1. The van der Waals surface area contributed by atoms with Crippen LogP contribution in [-0.4, -0.2) is 27.8 Å². The number of hydrogen-bond acceptors (Lipinski definition) is 4. The maximum atomic E-state index is 13.1. The molecule has 0 radical (unpaired) electrons. The van der Waals surface area contributed by atoms with E-state index in [2.05, 4.69) is 10.2 Å². The van der Waals surface area contributed by atoms with Gasteiger partial charge in [0.25, 0.3) is 5.91 Å². The molecule has 1 amide bonds. The summed E-state index contributed by atoms with van der Waals surface area (Å²) >= 11 is 0. The van der Waals surface area contributed by atoms with Crippen LogP contribution in [0.4, 0.5) is 5.69 Å². The molecule has 0 bridgehead atoms. The molecule has 1 atom stereocenters. The van der Waals surface area contributed by atoms with Crippen LogP contribution in [0.2, 0.25) is 0 Å². The molecule has 2 N–H and O–H groups in total. The third-order valence-electron chi connectivity index (χ3n) is 4.86. The van der Waals surface area contributed by atoms with Gasteiger partial charge >= 0.3 is 0 Å². The van der Waals surface area contributed by atoms with Crippen molar-refractivity contribution in [2.45, 2.75) is 26.8 Å². The lowest BCUT2D eigenvalue weighted by atomic mass is 9.98. The Morgan fingerprint density at radius 1 is 1.19 bits per heavy atom. The number of nitrogens with zero attached hydrogens (tertiary/aromatic N) is 2. The minimum atomic E-state index is -0.339. The van der Waals surface area contributed by atoms with Gasteiger partial charge in [-0.05, 0) is 50.6 Å². The molecule has 0 aliphatic carbocycles. The predicted octanol–water partition coefficient (Wildman–Crippen LogP) is 3.88. The Hall–Kier alpha value is -3.28. The molecule has 27 heavy (non-hydrogen) atoms. The number of benzene rings is 2. The van der Waals surface area contributed by atoms with Crippen LogP contribution in [0.1, 0.15) is 45.8 Å². The summed E-state index contributed by atoms with van der Waals surface area (Å²) in [6.07, 6.45) is 0. The van der Waals surface area contributed by atoms with Crippen LogP contribution in [0.15, 0.2) is 42.5 Å². The van der Waals surface area contributed by atoms with E-state index in [4.69, 9.17) is 4.74 Å². The van der Waals surface area contributed by atoms with E-state index in [1.54, 1.807) is 17.0 Å². The number of ether oxygens (including phenoxy) is 1. The van der Waals surface area contributed by atoms with Gasteiger partial charge in [-0.1, -0.05) is 23.8 Å². The molecule has 6 nitrogen and oxygen atoms in total. The van der Waals surface area contributed by atoms with Gasteiger partial charge in [-0.25, -0.2) is 0 Å². The zero-order chi connectivity index (χ0) is 19.1. The Labute approximate surface area is 157 Å². The van der Waals surface area contributed by atoms with Gasteiger partial charge in [0.2, 0.25) is 0 Å². The maximum Gasteiger partial charge on any atom is 0.279 e. The van der Waals surface area contributed by atoms with Gasteiger partial charge in [0.05, 0.1) is 12.6 Å². The van der Waals surface area contributed by atoms with Gasteiger partial charge in [-0.15, -0.1) is 0 Å². The Kier molecular flexibility index (Phi) is 4.11. The summed E-state index contributed by atoms with van der Waals surface area (Å²) in [6, 6.07) is 12.7. The second-order valence-corrected chi connectivity index (χ2v) is 6.68. The van der Waals surface area contributed by atoms with Crippen molar-refractivity contribution in [3.63, 3.8) is 0 Å². The highest BCUT2D eigenvalue weighted by Crippen LogP contribution is 2.44. The lowest BCUT2D eigenvalue weighted by Crippen LogP contribution is -2.29. The van der Waals surface area contributed by atoms with E-state index in [0.29, 0.717) is 18.1 Å². The van der Waals surface area contributed by atoms with Crippen molar-refractivity contribution in [1.29, 1.82) is 0 Å². The van der Waals surface area contributed by atoms with Crippen LogP contribution in [-0.2, 0) is 0 Å². The number of aromatic nitrogens is 2. The average Bonchev–Trinajstić information content (AvgIpc) is 3.17. The summed E-state index contributed by atoms with van der Waals surface area (Å²) in [5.41, 5.74) is 4.93. The fourth-order valence-electron chi connectivity index (χ4n) is 3.56. The van der Waals surface area contributed by atoms with Crippen LogP contribution in [0.3, 0.4) is 0 Å². The predicted molar refractivity (Wildman–Crippen MR) is 102 cm³/mol. The number of rotatable bonds is 4. The van der Waals surface area contributed by atoms with Gasteiger partial charge < -0.3 is 9.84 Å². The fraction of sp³-hybridized carbons (Fsp3) is 0.238. The van der Waals surface area contributed by atoms with Crippen LogP contribution in [0, 0.1) is 13.8 Å². The summed E-state index contributed by atoms with van der Waals surface area (Å²) in [6.45, 7) is 6.23. The number of phenolic OH excluding ortho intramolecular Hbond substituents is 1. The van der Waals surface area contributed by atoms with Gasteiger partial charge in [-0.2, -0.15) is 5.10 Å². The van der Waals surface area contributed by atoms with Crippen molar-refractivity contribution in [3.8, 4) is 11.5 Å². The molecule has 0 fully saturated rings. The lowest BCUT2D eigenvalue weighted by molar-refractivity contribution is 0.0988. The van der Waals surface area contributed by atoms with E-state index in [9.17, 15) is 9.90 Å². The highest BCUT2D eigenvalue weighted by molar-refractivity contribution is 6.10. The molecule has 138 valence electrons. The molecule has 6 heteroatoms. The Morgan fingerprint density at radius 3 is 2.63 bits per heavy atom. The standard InChI is InChI=1S/C21H21N3O3/c1-4-27-17-11-14(7-10-16(17)25)20-18-13(3)22-23-19(18)21(26)24(20)15-8-5-12(2)6-9-15/h5-11,20,25H,4H2,1-3H3,(H,22,23)/t20-/m1/s1. The van der Waals surface area contributed by atoms with Crippen molar-refractivity contribution in [2.24, 2.45) is 0 Å². The maximum absolute atomic E-state index is 13.1. The number of nitrogens with one attached hydrogen (secondary N) is 1. The number of aromatic amines is 1. The average molecular weight is 363 g/mol. The molecule has 4 rings (SSSR count). The van der Waals surface area contributed by atoms with Crippen molar-refractivity contribution >= 4 is 11.6 Å². The Morgan fingerprint density at radius 2 is 1.93 bits per heavy atom. The molecule has 3 aromatic rings. The monoisotopic (exact) mass is 363 g/mol. The summed E-state index contributed by atoms with van der Waals surface area (Å²) in [5.74, 6) is 0.339. The molecule has 1 aliphatic rings. The zero-order valence-corrected chi connectivity index (χ0v) is 15.5. The number of aromatic hydroxyl groups is 1. The van der Waals surface area contributed by atoms with Crippen LogP contribution in [0.25, 0.3) is 0 Å². The molecular weight excluding hydrogens is 342 g/mol. The molecule has 0 spiro atoms. The third kappa shape index (κ3) is 2.73. The highest BCUT2D eigenvalue weighted by Gasteiger charge is 2.42. The molecule has 2 aromatic carbocycles. The molecule has 2 heterocycles. The summed E-state index contributed by atoms with van der Waals surface area (Å²) in [7, 11) is 0. The molecular formula is C21H21N3O3. The lowest BCUT2D eigenvalue weighted by Gasteiger charge is -2.27. The van der Waals surface area contributed by atoms with Crippen molar-refractivity contribution in [1.82, 2.24) is 10.2 Å². The minimum Gasteiger partial charge on any atom is -0.504 e. The van der Waals surface area contributed by atoms with Gasteiger partial charge in [-0.3, -0.25) is 14.8 Å². The smallest absolute Gasteiger partial charge is 0.279 e. The van der Waals surface area contributed by atoms with Gasteiger partial charge in [0, 0.05) is 16.9 Å². The van der Waals surface area contributed by atoms with Gasteiger partial charge in [0.15, 0.2) is 17.2 Å². The number of amides is 1. The van der Waals surface area contributed by atoms with Crippen molar-refractivity contribution in [3.05, 3.63) is 70.5 Å². The number of hydrogen-bond donors (Lipinski definition) is 2. The number of aryl methyl sites for hydroxylation is 2. The first-order valence-electron chi connectivity index (χ1n) is 8.92. The summed E-state index contributed by atoms with van der Waals surface area (Å²) in [5, 5.41) is 17.2. The quantitative estimate of drug-likeness (QED) is 0.737. The molecule has 0 saturated heterocycles. The normalized spacial score (nSPS) is 15.9. The number of anilines is 1. The van der Waals surface area contributed by atoms with Crippen molar-refractivity contribution in [2.75, 3.05) is 11.5 Å². The second-order valence-electron chi connectivity index (χ2n) is 6.68. The van der Waals surface area contributed by atoms with E-state index in [1.165, 1.54) is 0 Å². The molecule has 1 aromatic heterocycles. The minimum absolute atomic E-state index is 0.0796. The van der Waals surface area contributed by atoms with Crippen LogP contribution < -0.4 is 9.64 Å². The molecule has 0 unspecified atom stereocenters. The van der Waals surface area contributed by atoms with Crippen molar-refractivity contribution < 1.29 is 14.6 Å². The topological polar surface area (TPSA) is 78.5 Å². The summed E-state index contributed by atoms with van der Waals surface area (Å²) < 4.78 is 5.54. The van der Waals surface area contributed by atoms with E-state index in [0.717, 1.165) is 28.1 Å². The molecule has 0 saturated carbocycles. The first-order chi connectivity index (χ1) is 13.0.